The van der Waals surface area contributed by atoms with Gasteiger partial charge in [-0.05, 0) is 37.6 Å². The van der Waals surface area contributed by atoms with E-state index in [1.54, 1.807) is 33.2 Å². The van der Waals surface area contributed by atoms with Gasteiger partial charge in [-0.25, -0.2) is 0 Å². The molecule has 5 nitrogen and oxygen atoms in total. The van der Waals surface area contributed by atoms with Crippen molar-refractivity contribution in [3.63, 3.8) is 0 Å². The third kappa shape index (κ3) is 3.71. The first-order valence-electron chi connectivity index (χ1n) is 6.15. The van der Waals surface area contributed by atoms with E-state index in [-0.39, 0.29) is 24.1 Å². The van der Waals surface area contributed by atoms with Gasteiger partial charge in [0.05, 0.1) is 6.54 Å². The second-order valence-electron chi connectivity index (χ2n) is 4.61. The molecule has 0 saturated heterocycles. The number of hydrogen-bond acceptors (Lipinski definition) is 3. The molecule has 1 aromatic carbocycles. The van der Waals surface area contributed by atoms with Crippen molar-refractivity contribution >= 4 is 11.8 Å². The van der Waals surface area contributed by atoms with E-state index in [1.165, 1.54) is 15.9 Å². The fourth-order valence-corrected chi connectivity index (χ4v) is 1.60. The molecule has 0 fully saturated rings. The lowest BCUT2D eigenvalue weighted by Crippen LogP contribution is -2.40. The number of benzene rings is 1. The zero-order valence-corrected chi connectivity index (χ0v) is 11.8. The molecular formula is C14H20N2O3. The van der Waals surface area contributed by atoms with E-state index in [1.807, 2.05) is 6.92 Å². The second-order valence-corrected chi connectivity index (χ2v) is 4.61. The molecule has 0 aliphatic rings. The van der Waals surface area contributed by atoms with Gasteiger partial charge in [0.25, 0.3) is 5.91 Å². The molecule has 0 radical (unpaired) electrons. The van der Waals surface area contributed by atoms with E-state index in [0.717, 1.165) is 0 Å². The fourth-order valence-electron chi connectivity index (χ4n) is 1.60. The number of phenolic OH excluding ortho intramolecular Hbond substituents is 1. The molecule has 0 unspecified atom stereocenters. The Hall–Kier alpha value is -2.04. The zero-order valence-electron chi connectivity index (χ0n) is 11.8. The standard InChI is InChI=1S/C14H20N2O3/c1-5-16(9-13(18)15(3)4)14(19)11-6-7-12(17)10(2)8-11/h6-8,17H,5,9H2,1-4H3. The summed E-state index contributed by atoms with van der Waals surface area (Å²) in [6.45, 7) is 4.07. The van der Waals surface area contributed by atoms with Crippen LogP contribution in [-0.4, -0.2) is 53.9 Å². The average molecular weight is 264 g/mol. The predicted octanol–water partition coefficient (Wildman–Crippen LogP) is 1.25. The van der Waals surface area contributed by atoms with Gasteiger partial charge in [-0.1, -0.05) is 0 Å². The van der Waals surface area contributed by atoms with Crippen molar-refractivity contribution < 1.29 is 14.7 Å². The monoisotopic (exact) mass is 264 g/mol. The molecule has 0 bridgehead atoms. The van der Waals surface area contributed by atoms with Gasteiger partial charge < -0.3 is 14.9 Å². The van der Waals surface area contributed by atoms with E-state index in [0.29, 0.717) is 17.7 Å². The normalized spacial score (nSPS) is 10.1. The van der Waals surface area contributed by atoms with E-state index < -0.39 is 0 Å². The van der Waals surface area contributed by atoms with Crippen LogP contribution < -0.4 is 0 Å². The second kappa shape index (κ2) is 6.22. The predicted molar refractivity (Wildman–Crippen MR) is 73.1 cm³/mol. The van der Waals surface area contributed by atoms with Gasteiger partial charge >= 0.3 is 0 Å². The molecule has 1 rings (SSSR count). The minimum Gasteiger partial charge on any atom is -0.508 e. The van der Waals surface area contributed by atoms with Gasteiger partial charge in [0.2, 0.25) is 5.91 Å². The Kier molecular flexibility index (Phi) is 4.92. The lowest BCUT2D eigenvalue weighted by molar-refractivity contribution is -0.129. The van der Waals surface area contributed by atoms with Crippen molar-refractivity contribution in [1.82, 2.24) is 9.80 Å². The van der Waals surface area contributed by atoms with Gasteiger partial charge in [0, 0.05) is 26.2 Å². The lowest BCUT2D eigenvalue weighted by atomic mass is 10.1. The Balaban J connectivity index is 2.89. The lowest BCUT2D eigenvalue weighted by Gasteiger charge is -2.22. The van der Waals surface area contributed by atoms with Crippen LogP contribution in [0.15, 0.2) is 18.2 Å². The summed E-state index contributed by atoms with van der Waals surface area (Å²) in [5.41, 5.74) is 1.12. The quantitative estimate of drug-likeness (QED) is 0.890. The molecule has 0 aliphatic carbocycles. The fraction of sp³-hybridized carbons (Fsp3) is 0.429. The Morgan fingerprint density at radius 2 is 1.89 bits per heavy atom. The Morgan fingerprint density at radius 3 is 2.37 bits per heavy atom. The highest BCUT2D eigenvalue weighted by Gasteiger charge is 2.18. The first kappa shape index (κ1) is 15.0. The summed E-state index contributed by atoms with van der Waals surface area (Å²) in [7, 11) is 3.32. The summed E-state index contributed by atoms with van der Waals surface area (Å²) < 4.78 is 0. The van der Waals surface area contributed by atoms with Crippen LogP contribution in [0.3, 0.4) is 0 Å². The third-order valence-electron chi connectivity index (χ3n) is 2.94. The number of aromatic hydroxyl groups is 1. The van der Waals surface area contributed by atoms with Crippen LogP contribution in [0.5, 0.6) is 5.75 Å². The van der Waals surface area contributed by atoms with Crippen molar-refractivity contribution in [2.45, 2.75) is 13.8 Å². The molecule has 0 spiro atoms. The van der Waals surface area contributed by atoms with Crippen molar-refractivity contribution in [3.05, 3.63) is 29.3 Å². The molecule has 19 heavy (non-hydrogen) atoms. The number of carbonyl (C=O) groups is 2. The van der Waals surface area contributed by atoms with Gasteiger partial charge in [0.15, 0.2) is 0 Å². The number of carbonyl (C=O) groups excluding carboxylic acids is 2. The topological polar surface area (TPSA) is 60.9 Å². The Morgan fingerprint density at radius 1 is 1.26 bits per heavy atom. The van der Waals surface area contributed by atoms with Crippen LogP contribution in [0.1, 0.15) is 22.8 Å². The molecule has 5 heteroatoms. The molecule has 0 aromatic heterocycles. The summed E-state index contributed by atoms with van der Waals surface area (Å²) in [6.07, 6.45) is 0. The van der Waals surface area contributed by atoms with E-state index in [4.69, 9.17) is 0 Å². The number of rotatable bonds is 4. The molecule has 1 N–H and O–H groups in total. The number of aryl methyl sites for hydroxylation is 1. The van der Waals surface area contributed by atoms with E-state index >= 15 is 0 Å². The van der Waals surface area contributed by atoms with Gasteiger partial charge in [-0.15, -0.1) is 0 Å². The van der Waals surface area contributed by atoms with Crippen molar-refractivity contribution in [1.29, 1.82) is 0 Å². The highest BCUT2D eigenvalue weighted by Crippen LogP contribution is 2.18. The Bertz CT molecular complexity index is 484. The maximum atomic E-state index is 12.3. The highest BCUT2D eigenvalue weighted by molar-refractivity contribution is 5.96. The molecule has 0 heterocycles. The zero-order chi connectivity index (χ0) is 14.6. The first-order chi connectivity index (χ1) is 8.86. The van der Waals surface area contributed by atoms with Crippen LogP contribution in [-0.2, 0) is 4.79 Å². The van der Waals surface area contributed by atoms with Crippen LogP contribution in [0.4, 0.5) is 0 Å². The molecule has 0 aliphatic heterocycles. The molecule has 0 atom stereocenters. The first-order valence-corrected chi connectivity index (χ1v) is 6.15. The summed E-state index contributed by atoms with van der Waals surface area (Å²) in [5.74, 6) is -0.171. The van der Waals surface area contributed by atoms with Gasteiger partial charge in [0.1, 0.15) is 5.75 Å². The SMILES string of the molecule is CCN(CC(=O)N(C)C)C(=O)c1ccc(O)c(C)c1. The molecule has 1 aromatic rings. The maximum Gasteiger partial charge on any atom is 0.254 e. The maximum absolute atomic E-state index is 12.3. The number of hydrogen-bond donors (Lipinski definition) is 1. The molecule has 0 saturated carbocycles. The molecule has 2 amide bonds. The average Bonchev–Trinajstić information content (AvgIpc) is 2.37. The number of nitrogens with zero attached hydrogens (tertiary/aromatic N) is 2. The minimum absolute atomic E-state index is 0.0578. The number of likely N-dealkylation sites (N-methyl/N-ethyl adjacent to an activating group) is 2. The summed E-state index contributed by atoms with van der Waals surface area (Å²) in [4.78, 5) is 26.9. The summed E-state index contributed by atoms with van der Waals surface area (Å²) >= 11 is 0. The number of amides is 2. The van der Waals surface area contributed by atoms with Crippen molar-refractivity contribution in [2.75, 3.05) is 27.2 Å². The highest BCUT2D eigenvalue weighted by atomic mass is 16.3. The third-order valence-corrected chi connectivity index (χ3v) is 2.94. The van der Waals surface area contributed by atoms with E-state index in [9.17, 15) is 14.7 Å². The Labute approximate surface area is 113 Å². The van der Waals surface area contributed by atoms with Crippen LogP contribution in [0.25, 0.3) is 0 Å². The van der Waals surface area contributed by atoms with E-state index in [2.05, 4.69) is 0 Å². The van der Waals surface area contributed by atoms with Gasteiger partial charge in [-0.2, -0.15) is 0 Å². The van der Waals surface area contributed by atoms with Crippen LogP contribution >= 0.6 is 0 Å². The van der Waals surface area contributed by atoms with Crippen LogP contribution in [0, 0.1) is 6.92 Å². The largest absolute Gasteiger partial charge is 0.508 e. The minimum atomic E-state index is -0.208. The summed E-state index contributed by atoms with van der Waals surface area (Å²) in [5, 5.41) is 9.45. The summed E-state index contributed by atoms with van der Waals surface area (Å²) in [6, 6.07) is 4.68. The number of phenols is 1. The molecule has 104 valence electrons. The van der Waals surface area contributed by atoms with Gasteiger partial charge in [-0.3, -0.25) is 9.59 Å². The van der Waals surface area contributed by atoms with Crippen molar-refractivity contribution in [3.8, 4) is 5.75 Å². The van der Waals surface area contributed by atoms with Crippen LogP contribution in [0.2, 0.25) is 0 Å². The smallest absolute Gasteiger partial charge is 0.254 e. The molecular weight excluding hydrogens is 244 g/mol. The van der Waals surface area contributed by atoms with Crippen molar-refractivity contribution in [2.24, 2.45) is 0 Å².